The predicted molar refractivity (Wildman–Crippen MR) is 56.1 cm³/mol. The Labute approximate surface area is 88.2 Å². The van der Waals surface area contributed by atoms with Crippen LogP contribution in [-0.2, 0) is 6.42 Å². The average Bonchev–Trinajstić information content (AvgIpc) is 2.15. The highest BCUT2D eigenvalue weighted by molar-refractivity contribution is 5.31. The Balaban J connectivity index is 3.20. The summed E-state index contributed by atoms with van der Waals surface area (Å²) in [6.45, 7) is 5.10. The summed E-state index contributed by atoms with van der Waals surface area (Å²) >= 11 is 0. The van der Waals surface area contributed by atoms with E-state index in [2.05, 4.69) is 0 Å². The molecule has 0 aromatic carbocycles. The summed E-state index contributed by atoms with van der Waals surface area (Å²) in [4.78, 5) is 11.4. The zero-order valence-corrected chi connectivity index (χ0v) is 9.15. The van der Waals surface area contributed by atoms with Crippen molar-refractivity contribution < 1.29 is 14.6 Å². The van der Waals surface area contributed by atoms with Crippen LogP contribution in [0.5, 0.6) is 5.75 Å². The van der Waals surface area contributed by atoms with Crippen LogP contribution in [-0.4, -0.2) is 16.3 Å². The first kappa shape index (κ1) is 11.8. The highest BCUT2D eigenvalue weighted by Gasteiger charge is 2.17. The molecule has 1 aromatic heterocycles. The molecule has 1 aromatic rings. The Bertz CT molecular complexity index is 392. The molecule has 4 heteroatoms. The van der Waals surface area contributed by atoms with E-state index in [-0.39, 0.29) is 17.2 Å². The van der Waals surface area contributed by atoms with Gasteiger partial charge in [0.15, 0.2) is 0 Å². The topological polar surface area (TPSA) is 70.7 Å². The lowest BCUT2D eigenvalue weighted by Crippen LogP contribution is -2.15. The van der Waals surface area contributed by atoms with Crippen molar-refractivity contribution in [3.8, 4) is 5.75 Å². The molecule has 0 amide bonds. The summed E-state index contributed by atoms with van der Waals surface area (Å²) in [6, 6.07) is 1.40. The number of rotatable bonds is 3. The third-order valence-corrected chi connectivity index (χ3v) is 2.57. The molecule has 2 N–H and O–H groups in total. The molecule has 0 unspecified atom stereocenters. The average molecular weight is 212 g/mol. The number of hydrogen-bond donors (Lipinski definition) is 2. The first-order valence-corrected chi connectivity index (χ1v) is 5.01. The van der Waals surface area contributed by atoms with Crippen LogP contribution in [0.1, 0.15) is 38.0 Å². The van der Waals surface area contributed by atoms with Gasteiger partial charge in [0.25, 0.3) is 0 Å². The fourth-order valence-electron chi connectivity index (χ4n) is 1.31. The minimum atomic E-state index is -0.625. The zero-order valence-electron chi connectivity index (χ0n) is 9.15. The van der Waals surface area contributed by atoms with E-state index >= 15 is 0 Å². The molecular weight excluding hydrogens is 196 g/mol. The van der Waals surface area contributed by atoms with Crippen molar-refractivity contribution in [1.82, 2.24) is 0 Å². The van der Waals surface area contributed by atoms with Crippen LogP contribution >= 0.6 is 0 Å². The minimum Gasteiger partial charge on any atom is -0.507 e. The number of aliphatic hydroxyl groups excluding tert-OH is 1. The zero-order chi connectivity index (χ0) is 11.6. The standard InChI is InChI=1S/C11H16O4/c1-4-8-9(13)5-10(15-11(8)14)6(2)7(3)12/h5-7,12-13H,4H2,1-3H3/t6-,7+/m0/s1. The van der Waals surface area contributed by atoms with Gasteiger partial charge in [0.2, 0.25) is 0 Å². The number of aliphatic hydroxyl groups is 1. The first-order chi connectivity index (χ1) is 6.97. The van der Waals surface area contributed by atoms with Gasteiger partial charge in [0, 0.05) is 12.0 Å². The molecule has 2 atom stereocenters. The van der Waals surface area contributed by atoms with Crippen molar-refractivity contribution in [1.29, 1.82) is 0 Å². The molecule has 1 heterocycles. The smallest absolute Gasteiger partial charge is 0.342 e. The first-order valence-electron chi connectivity index (χ1n) is 5.01. The lowest BCUT2D eigenvalue weighted by molar-refractivity contribution is 0.156. The van der Waals surface area contributed by atoms with Crippen LogP contribution in [0.4, 0.5) is 0 Å². The van der Waals surface area contributed by atoms with Gasteiger partial charge < -0.3 is 14.6 Å². The largest absolute Gasteiger partial charge is 0.507 e. The second kappa shape index (κ2) is 4.49. The van der Waals surface area contributed by atoms with Crippen molar-refractivity contribution in [3.63, 3.8) is 0 Å². The number of hydrogen-bond acceptors (Lipinski definition) is 4. The second-order valence-corrected chi connectivity index (χ2v) is 3.68. The Morgan fingerprint density at radius 3 is 2.47 bits per heavy atom. The van der Waals surface area contributed by atoms with Gasteiger partial charge in [-0.1, -0.05) is 13.8 Å². The van der Waals surface area contributed by atoms with Crippen LogP contribution in [0.15, 0.2) is 15.3 Å². The van der Waals surface area contributed by atoms with E-state index in [1.165, 1.54) is 6.07 Å². The van der Waals surface area contributed by atoms with Crippen molar-refractivity contribution in [3.05, 3.63) is 27.8 Å². The minimum absolute atomic E-state index is 0.0590. The van der Waals surface area contributed by atoms with Crippen LogP contribution in [0, 0.1) is 0 Å². The predicted octanol–water partition coefficient (Wildman–Crippen LogP) is 1.39. The molecule has 0 saturated heterocycles. The van der Waals surface area contributed by atoms with Crippen molar-refractivity contribution >= 4 is 0 Å². The molecule has 0 bridgehead atoms. The number of aromatic hydroxyl groups is 1. The molecule has 0 radical (unpaired) electrons. The fourth-order valence-corrected chi connectivity index (χ4v) is 1.31. The quantitative estimate of drug-likeness (QED) is 0.794. The van der Waals surface area contributed by atoms with Gasteiger partial charge in [0.1, 0.15) is 11.5 Å². The highest BCUT2D eigenvalue weighted by atomic mass is 16.4. The van der Waals surface area contributed by atoms with Crippen LogP contribution < -0.4 is 5.63 Å². The molecule has 0 saturated carbocycles. The Kier molecular flexibility index (Phi) is 3.52. The molecule has 0 aliphatic heterocycles. The Morgan fingerprint density at radius 1 is 1.47 bits per heavy atom. The van der Waals surface area contributed by atoms with E-state index in [1.807, 2.05) is 0 Å². The molecular formula is C11H16O4. The summed E-state index contributed by atoms with van der Waals surface area (Å²) < 4.78 is 5.03. The molecule has 0 spiro atoms. The Hall–Kier alpha value is -1.29. The van der Waals surface area contributed by atoms with E-state index < -0.39 is 11.7 Å². The van der Waals surface area contributed by atoms with Crippen LogP contribution in [0.2, 0.25) is 0 Å². The van der Waals surface area contributed by atoms with Gasteiger partial charge >= 0.3 is 5.63 Å². The van der Waals surface area contributed by atoms with Crippen molar-refractivity contribution in [2.75, 3.05) is 0 Å². The fraction of sp³-hybridized carbons (Fsp3) is 0.545. The van der Waals surface area contributed by atoms with E-state index in [4.69, 9.17) is 4.42 Å². The van der Waals surface area contributed by atoms with Crippen LogP contribution in [0.25, 0.3) is 0 Å². The highest BCUT2D eigenvalue weighted by Crippen LogP contribution is 2.23. The third kappa shape index (κ3) is 2.39. The van der Waals surface area contributed by atoms with Gasteiger partial charge in [-0.05, 0) is 13.3 Å². The van der Waals surface area contributed by atoms with Gasteiger partial charge in [-0.15, -0.1) is 0 Å². The lowest BCUT2D eigenvalue weighted by atomic mass is 10.0. The van der Waals surface area contributed by atoms with E-state index in [0.717, 1.165) is 0 Å². The van der Waals surface area contributed by atoms with E-state index in [1.54, 1.807) is 20.8 Å². The molecule has 4 nitrogen and oxygen atoms in total. The van der Waals surface area contributed by atoms with Gasteiger partial charge in [0.05, 0.1) is 11.7 Å². The van der Waals surface area contributed by atoms with Gasteiger partial charge in [-0.2, -0.15) is 0 Å². The monoisotopic (exact) mass is 212 g/mol. The molecule has 0 fully saturated rings. The lowest BCUT2D eigenvalue weighted by Gasteiger charge is -2.13. The molecule has 0 aliphatic carbocycles. The van der Waals surface area contributed by atoms with Gasteiger partial charge in [-0.25, -0.2) is 4.79 Å². The summed E-state index contributed by atoms with van der Waals surface area (Å²) in [5, 5.41) is 18.9. The van der Waals surface area contributed by atoms with Crippen molar-refractivity contribution in [2.24, 2.45) is 0 Å². The summed E-state index contributed by atoms with van der Waals surface area (Å²) in [7, 11) is 0. The van der Waals surface area contributed by atoms with Crippen LogP contribution in [0.3, 0.4) is 0 Å². The SMILES string of the molecule is CCc1c(O)cc([C@@H](C)[C@@H](C)O)oc1=O. The Morgan fingerprint density at radius 2 is 2.07 bits per heavy atom. The van der Waals surface area contributed by atoms with Gasteiger partial charge in [-0.3, -0.25) is 0 Å². The summed E-state index contributed by atoms with van der Waals surface area (Å²) in [5.74, 6) is -0.0598. The summed E-state index contributed by atoms with van der Waals surface area (Å²) in [6.07, 6.45) is -0.197. The van der Waals surface area contributed by atoms with E-state index in [9.17, 15) is 15.0 Å². The molecule has 1 rings (SSSR count). The normalized spacial score (nSPS) is 14.9. The molecule has 15 heavy (non-hydrogen) atoms. The molecule has 0 aliphatic rings. The third-order valence-electron chi connectivity index (χ3n) is 2.57. The molecule has 84 valence electrons. The van der Waals surface area contributed by atoms with E-state index in [0.29, 0.717) is 12.2 Å². The maximum Gasteiger partial charge on any atom is 0.342 e. The maximum atomic E-state index is 11.4. The van der Waals surface area contributed by atoms with Crippen molar-refractivity contribution in [2.45, 2.75) is 39.2 Å². The maximum absolute atomic E-state index is 11.4. The second-order valence-electron chi connectivity index (χ2n) is 3.68. The summed E-state index contributed by atoms with van der Waals surface area (Å²) in [5.41, 5.74) is -0.253.